The molecule has 5 aromatic carbocycles. The van der Waals surface area contributed by atoms with Gasteiger partial charge in [0, 0.05) is 117 Å². The highest BCUT2D eigenvalue weighted by molar-refractivity contribution is 7.13. The number of fused-ring (bicyclic) bond motifs is 5. The van der Waals surface area contributed by atoms with Crippen LogP contribution in [0.5, 0.6) is 0 Å². The van der Waals surface area contributed by atoms with Crippen molar-refractivity contribution in [2.75, 3.05) is 56.4 Å². The lowest BCUT2D eigenvalue weighted by molar-refractivity contribution is 0.0816. The summed E-state index contributed by atoms with van der Waals surface area (Å²) in [6.07, 6.45) is 0. The number of aromatic nitrogens is 2. The normalized spacial score (nSPS) is 12.4. The molecule has 4 amide bonds. The molecule has 0 saturated heterocycles. The summed E-state index contributed by atoms with van der Waals surface area (Å²) in [6, 6.07) is 20.3. The van der Waals surface area contributed by atoms with Crippen LogP contribution in [0.3, 0.4) is 0 Å². The van der Waals surface area contributed by atoms with Crippen molar-refractivity contribution in [3.63, 3.8) is 0 Å². The zero-order chi connectivity index (χ0) is 51.1. The Hall–Kier alpha value is -8.02. The van der Waals surface area contributed by atoms with E-state index in [9.17, 15) is 19.2 Å². The van der Waals surface area contributed by atoms with Crippen LogP contribution in [0, 0.1) is 39.5 Å². The van der Waals surface area contributed by atoms with E-state index in [4.69, 9.17) is 4.98 Å². The van der Waals surface area contributed by atoms with Crippen LogP contribution >= 0.6 is 22.7 Å². The number of thiophene rings is 2. The predicted octanol–water partition coefficient (Wildman–Crippen LogP) is 10.6. The summed E-state index contributed by atoms with van der Waals surface area (Å²) in [5.41, 5.74) is 1.40. The molecule has 8 aromatic rings. The molecule has 1 N–H and O–H groups in total. The summed E-state index contributed by atoms with van der Waals surface area (Å²) < 4.78 is 81.7. The van der Waals surface area contributed by atoms with Crippen LogP contribution in [0.15, 0.2) is 83.6 Å². The number of rotatable bonds is 8. The number of benzene rings is 5. The van der Waals surface area contributed by atoms with Crippen molar-refractivity contribution >= 4 is 84.2 Å². The summed E-state index contributed by atoms with van der Waals surface area (Å²) in [4.78, 5) is 71.5. The van der Waals surface area contributed by atoms with Gasteiger partial charge in [-0.3, -0.25) is 19.2 Å². The first-order chi connectivity index (χ1) is 34.3. The van der Waals surface area contributed by atoms with Gasteiger partial charge in [0.05, 0.1) is 37.7 Å². The van der Waals surface area contributed by atoms with E-state index in [-0.39, 0.29) is 44.1 Å². The fraction of sp³-hybridized carbons (Fsp3) is 0.145. The molecule has 0 radical (unpaired) electrons. The highest BCUT2D eigenvalue weighted by Gasteiger charge is 2.39. The molecule has 0 spiro atoms. The fourth-order valence-electron chi connectivity index (χ4n) is 10.3. The first kappa shape index (κ1) is 46.4. The summed E-state index contributed by atoms with van der Waals surface area (Å²) in [7, 11) is 12.6. The Morgan fingerprint density at radius 2 is 0.917 bits per heavy atom. The summed E-state index contributed by atoms with van der Waals surface area (Å²) in [5.74, 6) is -12.6. The molecule has 2 aliphatic carbocycles. The van der Waals surface area contributed by atoms with E-state index in [1.54, 1.807) is 123 Å². The molecule has 72 heavy (non-hydrogen) atoms. The van der Waals surface area contributed by atoms with Gasteiger partial charge >= 0.3 is 0 Å². The Labute approximate surface area is 414 Å². The number of nitrogens with one attached hydrogen (secondary N) is 1. The molecule has 10 nitrogen and oxygen atoms in total. The molecule has 0 atom stereocenters. The Bertz CT molecular complexity index is 4070. The van der Waals surface area contributed by atoms with E-state index >= 15 is 22.0 Å². The minimum atomic E-state index is -2.36. The summed E-state index contributed by atoms with van der Waals surface area (Å²) in [5, 5.41) is 6.57. The van der Waals surface area contributed by atoms with Crippen molar-refractivity contribution in [2.45, 2.75) is 0 Å². The molecule has 0 unspecified atom stereocenters. The van der Waals surface area contributed by atoms with Gasteiger partial charge < -0.3 is 24.6 Å². The second-order valence-electron chi connectivity index (χ2n) is 18.4. The van der Waals surface area contributed by atoms with Crippen molar-refractivity contribution in [3.8, 4) is 43.4 Å². The maximum atomic E-state index is 17.2. The maximum absolute atomic E-state index is 17.2. The van der Waals surface area contributed by atoms with Gasteiger partial charge in [0.25, 0.3) is 23.6 Å². The molecule has 0 saturated carbocycles. The fourth-order valence-corrected chi connectivity index (χ4v) is 11.7. The molecule has 0 fully saturated rings. The van der Waals surface area contributed by atoms with Crippen molar-refractivity contribution < 1.29 is 41.1 Å². The number of hydrogen-bond acceptors (Lipinski definition) is 7. The van der Waals surface area contributed by atoms with Gasteiger partial charge in [-0.25, -0.2) is 26.9 Å². The van der Waals surface area contributed by atoms with Gasteiger partial charge in [-0.2, -0.15) is 0 Å². The van der Waals surface area contributed by atoms with Crippen molar-refractivity contribution in [1.29, 1.82) is 0 Å². The van der Waals surface area contributed by atoms with Gasteiger partial charge in [0.2, 0.25) is 5.82 Å². The van der Waals surface area contributed by atoms with Crippen LogP contribution in [0.2, 0.25) is 0 Å². The third-order valence-corrected chi connectivity index (χ3v) is 15.1. The van der Waals surface area contributed by atoms with E-state index in [2.05, 4.69) is 4.98 Å². The number of carbonyl (C=O) groups is 4. The summed E-state index contributed by atoms with van der Waals surface area (Å²) >= 11 is 2.64. The quantitative estimate of drug-likeness (QED) is 0.0926. The number of halogens is 5. The highest BCUT2D eigenvalue weighted by atomic mass is 32.1. The lowest BCUT2D eigenvalue weighted by Gasteiger charge is -2.19. The van der Waals surface area contributed by atoms with Gasteiger partial charge in [-0.1, -0.05) is 36.4 Å². The van der Waals surface area contributed by atoms with Crippen molar-refractivity contribution in [2.24, 2.45) is 0 Å². The topological polar surface area (TPSA) is 110 Å². The van der Waals surface area contributed by atoms with Crippen LogP contribution in [0.4, 0.5) is 22.0 Å². The number of nitrogens with zero attached hydrogens (tertiary/aromatic N) is 5. The Kier molecular flexibility index (Phi) is 10.6. The molecular formula is C55H39F5N6O4S2. The molecule has 1 aliphatic heterocycles. The second kappa shape index (κ2) is 16.5. The predicted molar refractivity (Wildman–Crippen MR) is 270 cm³/mol. The zero-order valence-electron chi connectivity index (χ0n) is 39.7. The number of H-pyrrole nitrogens is 1. The third kappa shape index (κ3) is 6.39. The van der Waals surface area contributed by atoms with Crippen LogP contribution in [0.1, 0.15) is 52.7 Å². The first-order valence-electron chi connectivity index (χ1n) is 22.4. The average molecular weight is 1010 g/mol. The average Bonchev–Trinajstić information content (AvgIpc) is 4.24. The molecule has 11 rings (SSSR count). The van der Waals surface area contributed by atoms with E-state index in [0.717, 1.165) is 0 Å². The Morgan fingerprint density at radius 3 is 1.39 bits per heavy atom. The maximum Gasteiger partial charge on any atom is 0.253 e. The van der Waals surface area contributed by atoms with Crippen LogP contribution in [-0.2, 0) is 0 Å². The van der Waals surface area contributed by atoms with E-state index in [1.165, 1.54) is 42.3 Å². The number of aromatic amines is 1. The van der Waals surface area contributed by atoms with Crippen LogP contribution in [-0.4, -0.2) is 110 Å². The smallest absolute Gasteiger partial charge is 0.253 e. The highest BCUT2D eigenvalue weighted by Crippen LogP contribution is 2.56. The van der Waals surface area contributed by atoms with Gasteiger partial charge in [0.15, 0.2) is 23.3 Å². The van der Waals surface area contributed by atoms with E-state index < -0.39 is 63.9 Å². The molecule has 3 aliphatic rings. The van der Waals surface area contributed by atoms with E-state index in [1.807, 2.05) is 16.8 Å². The van der Waals surface area contributed by atoms with E-state index in [0.29, 0.717) is 75.4 Å². The number of hydrogen-bond donors (Lipinski definition) is 1. The van der Waals surface area contributed by atoms with Crippen molar-refractivity contribution in [3.05, 3.63) is 162 Å². The standard InChI is InChI=1S/C55H39F5N6O4S2/c1-63(2)52(67)27-17-13-23-33-25(15-19-29(35(27)33)54(69)65(5)6)39-37(23)48(31-11-9-21-71-31)61-50(39)42(41-43(56)45(58)47(60)46(59)44(41)57)51-40-26-16-20-30(55(70)66(7)8)36-28(53(68)64(3)4)18-14-24(34(26)36)38(40)49(62-51)32-12-10-22-72-32/h9-22,61H,1-8H3/b51-42+. The monoisotopic (exact) mass is 1010 g/mol. The largest absolute Gasteiger partial charge is 0.353 e. The molecular weight excluding hydrogens is 968 g/mol. The molecule has 4 heterocycles. The van der Waals surface area contributed by atoms with Crippen LogP contribution < -0.4 is 5.35 Å². The minimum Gasteiger partial charge on any atom is -0.353 e. The van der Waals surface area contributed by atoms with Gasteiger partial charge in [-0.15, -0.1) is 22.7 Å². The summed E-state index contributed by atoms with van der Waals surface area (Å²) in [6.45, 7) is 0. The van der Waals surface area contributed by atoms with Gasteiger partial charge in [-0.05, 0) is 79.8 Å². The number of amides is 4. The molecule has 360 valence electrons. The lowest BCUT2D eigenvalue weighted by atomic mass is 9.91. The lowest BCUT2D eigenvalue weighted by Crippen LogP contribution is -2.25. The molecule has 3 aromatic heterocycles. The number of carbonyl (C=O) groups excluding carboxylic acids is 4. The van der Waals surface area contributed by atoms with Gasteiger partial charge in [0.1, 0.15) is 0 Å². The minimum absolute atomic E-state index is 0.0746. The molecule has 17 heteroatoms. The Balaban J connectivity index is 1.41. The molecule has 0 bridgehead atoms. The first-order valence-corrected chi connectivity index (χ1v) is 24.1. The SMILES string of the molecule is CN(C)C(=O)c1ccc2c3c(ccc(C(=O)N(C)C)c13)-c1c(-c3cccs3)[nH]c(/C(c3c(F)c(F)c(F)c(F)c3F)=c3/nc(-c4cccs4)c4c5ccc(C(=O)N(C)C)c6c(C(=O)N(C)C)ccc(c3=4)c65)c1-2. The van der Waals surface area contributed by atoms with Crippen LogP contribution in [0.25, 0.3) is 81.3 Å². The second-order valence-corrected chi connectivity index (χ2v) is 20.3. The third-order valence-electron chi connectivity index (χ3n) is 13.4. The Morgan fingerprint density at radius 1 is 0.486 bits per heavy atom. The zero-order valence-corrected chi connectivity index (χ0v) is 41.3. The van der Waals surface area contributed by atoms with Crippen molar-refractivity contribution in [1.82, 2.24) is 29.6 Å².